The number of aliphatic hydroxyl groups is 1. The minimum absolute atomic E-state index is 0.0772. The normalized spacial score (nSPS) is 32.6. The summed E-state index contributed by atoms with van der Waals surface area (Å²) >= 11 is 0. The molecular formula is C16H23NO. The first-order valence-corrected chi connectivity index (χ1v) is 7.46. The van der Waals surface area contributed by atoms with E-state index in [0.29, 0.717) is 11.8 Å². The average molecular weight is 245 g/mol. The fourth-order valence-electron chi connectivity index (χ4n) is 3.84. The van der Waals surface area contributed by atoms with Crippen LogP contribution in [0.3, 0.4) is 0 Å². The van der Waals surface area contributed by atoms with Crippen LogP contribution in [0.2, 0.25) is 0 Å². The highest BCUT2D eigenvalue weighted by molar-refractivity contribution is 5.26. The van der Waals surface area contributed by atoms with Gasteiger partial charge in [-0.2, -0.15) is 0 Å². The van der Waals surface area contributed by atoms with Gasteiger partial charge in [-0.1, -0.05) is 18.9 Å². The number of aliphatic hydroxyl groups excluding tert-OH is 1. The lowest BCUT2D eigenvalue weighted by Gasteiger charge is -2.31. The average Bonchev–Trinajstić information content (AvgIpc) is 2.63. The van der Waals surface area contributed by atoms with Gasteiger partial charge < -0.3 is 5.11 Å². The minimum Gasteiger partial charge on any atom is -0.393 e. The number of aryl methyl sites for hydroxylation is 1. The molecule has 1 aromatic rings. The van der Waals surface area contributed by atoms with E-state index in [0.717, 1.165) is 12.8 Å². The number of hydrogen-bond donors (Lipinski definition) is 1. The van der Waals surface area contributed by atoms with Gasteiger partial charge in [-0.05, 0) is 56.1 Å². The number of rotatable bonds is 1. The zero-order valence-corrected chi connectivity index (χ0v) is 11.0. The van der Waals surface area contributed by atoms with E-state index < -0.39 is 0 Å². The van der Waals surface area contributed by atoms with Gasteiger partial charge in [-0.25, -0.2) is 0 Å². The maximum Gasteiger partial charge on any atom is 0.0543 e. The van der Waals surface area contributed by atoms with Crippen molar-refractivity contribution in [1.29, 1.82) is 0 Å². The Bertz CT molecular complexity index is 404. The van der Waals surface area contributed by atoms with E-state index in [1.165, 1.54) is 49.8 Å². The molecule has 1 heterocycles. The lowest BCUT2D eigenvalue weighted by atomic mass is 9.75. The van der Waals surface area contributed by atoms with Crippen LogP contribution >= 0.6 is 0 Å². The van der Waals surface area contributed by atoms with Gasteiger partial charge in [0, 0.05) is 17.8 Å². The van der Waals surface area contributed by atoms with E-state index in [1.807, 2.05) is 6.20 Å². The second-order valence-corrected chi connectivity index (χ2v) is 5.98. The molecule has 0 spiro atoms. The molecule has 2 nitrogen and oxygen atoms in total. The summed E-state index contributed by atoms with van der Waals surface area (Å²) < 4.78 is 0. The van der Waals surface area contributed by atoms with Crippen LogP contribution in [0.25, 0.3) is 0 Å². The Hall–Kier alpha value is -0.890. The minimum atomic E-state index is -0.0772. The highest BCUT2D eigenvalue weighted by atomic mass is 16.3. The van der Waals surface area contributed by atoms with Gasteiger partial charge in [0.2, 0.25) is 0 Å². The molecule has 18 heavy (non-hydrogen) atoms. The van der Waals surface area contributed by atoms with E-state index in [4.69, 9.17) is 0 Å². The summed E-state index contributed by atoms with van der Waals surface area (Å²) in [6, 6.07) is 4.30. The van der Waals surface area contributed by atoms with Gasteiger partial charge in [0.25, 0.3) is 0 Å². The third-order valence-corrected chi connectivity index (χ3v) is 4.74. The first-order chi connectivity index (χ1) is 8.84. The monoisotopic (exact) mass is 245 g/mol. The highest BCUT2D eigenvalue weighted by Gasteiger charge is 2.31. The van der Waals surface area contributed by atoms with Crippen molar-refractivity contribution in [3.8, 4) is 0 Å². The fraction of sp³-hybridized carbons (Fsp3) is 0.688. The number of hydrogen-bond acceptors (Lipinski definition) is 2. The molecule has 2 aliphatic rings. The van der Waals surface area contributed by atoms with Crippen molar-refractivity contribution in [2.24, 2.45) is 5.92 Å². The first-order valence-electron chi connectivity index (χ1n) is 7.46. The Balaban J connectivity index is 1.84. The van der Waals surface area contributed by atoms with Gasteiger partial charge >= 0.3 is 0 Å². The Morgan fingerprint density at radius 2 is 2.00 bits per heavy atom. The van der Waals surface area contributed by atoms with Crippen LogP contribution in [0.1, 0.15) is 62.1 Å². The van der Waals surface area contributed by atoms with Gasteiger partial charge in [0.15, 0.2) is 0 Å². The molecule has 2 heteroatoms. The SMILES string of the molecule is OC1CCCCC(C2CCCc3cccnc32)C1. The van der Waals surface area contributed by atoms with Crippen molar-refractivity contribution in [3.05, 3.63) is 29.6 Å². The summed E-state index contributed by atoms with van der Waals surface area (Å²) in [5, 5.41) is 10.0. The molecule has 0 saturated heterocycles. The summed E-state index contributed by atoms with van der Waals surface area (Å²) in [7, 11) is 0. The van der Waals surface area contributed by atoms with Crippen LogP contribution in [-0.4, -0.2) is 16.2 Å². The van der Waals surface area contributed by atoms with Crippen molar-refractivity contribution in [3.63, 3.8) is 0 Å². The number of pyridine rings is 1. The Morgan fingerprint density at radius 3 is 2.94 bits per heavy atom. The van der Waals surface area contributed by atoms with Crippen molar-refractivity contribution in [1.82, 2.24) is 4.98 Å². The molecular weight excluding hydrogens is 222 g/mol. The smallest absolute Gasteiger partial charge is 0.0543 e. The van der Waals surface area contributed by atoms with Gasteiger partial charge in [0.05, 0.1) is 6.10 Å². The molecule has 3 unspecified atom stereocenters. The molecule has 1 saturated carbocycles. The van der Waals surface area contributed by atoms with Gasteiger partial charge in [-0.15, -0.1) is 0 Å². The topological polar surface area (TPSA) is 33.1 Å². The molecule has 3 atom stereocenters. The van der Waals surface area contributed by atoms with Crippen LogP contribution in [0, 0.1) is 5.92 Å². The lowest BCUT2D eigenvalue weighted by Crippen LogP contribution is -2.22. The maximum atomic E-state index is 10.0. The molecule has 98 valence electrons. The van der Waals surface area contributed by atoms with Crippen LogP contribution in [0.5, 0.6) is 0 Å². The summed E-state index contributed by atoms with van der Waals surface area (Å²) in [6.45, 7) is 0. The van der Waals surface area contributed by atoms with Gasteiger partial charge in [-0.3, -0.25) is 4.98 Å². The quantitative estimate of drug-likeness (QED) is 0.769. The second kappa shape index (κ2) is 5.40. The van der Waals surface area contributed by atoms with Crippen molar-refractivity contribution in [2.75, 3.05) is 0 Å². The molecule has 2 aliphatic carbocycles. The molecule has 1 N–H and O–H groups in total. The third-order valence-electron chi connectivity index (χ3n) is 4.74. The molecule has 0 amide bonds. The third kappa shape index (κ3) is 2.44. The van der Waals surface area contributed by atoms with E-state index in [9.17, 15) is 5.11 Å². The summed E-state index contributed by atoms with van der Waals surface area (Å²) in [5.74, 6) is 1.25. The molecule has 3 rings (SSSR count). The predicted octanol–water partition coefficient (Wildman–Crippen LogP) is 3.44. The van der Waals surface area contributed by atoms with Crippen molar-refractivity contribution < 1.29 is 5.11 Å². The molecule has 1 aromatic heterocycles. The molecule has 0 bridgehead atoms. The Kier molecular flexibility index (Phi) is 3.64. The van der Waals surface area contributed by atoms with Crippen LogP contribution in [0.4, 0.5) is 0 Å². The summed E-state index contributed by atoms with van der Waals surface area (Å²) in [6.07, 6.45) is 11.3. The molecule has 0 radical (unpaired) electrons. The lowest BCUT2D eigenvalue weighted by molar-refractivity contribution is 0.132. The predicted molar refractivity (Wildman–Crippen MR) is 72.5 cm³/mol. The zero-order valence-electron chi connectivity index (χ0n) is 11.0. The van der Waals surface area contributed by atoms with Crippen molar-refractivity contribution in [2.45, 2.75) is 63.4 Å². The second-order valence-electron chi connectivity index (χ2n) is 5.98. The van der Waals surface area contributed by atoms with E-state index in [-0.39, 0.29) is 6.10 Å². The maximum absolute atomic E-state index is 10.0. The first kappa shape index (κ1) is 12.2. The fourth-order valence-corrected chi connectivity index (χ4v) is 3.84. The number of nitrogens with zero attached hydrogens (tertiary/aromatic N) is 1. The Labute approximate surface area is 109 Å². The molecule has 1 fully saturated rings. The molecule has 0 aliphatic heterocycles. The number of fused-ring (bicyclic) bond motifs is 1. The number of aromatic nitrogens is 1. The van der Waals surface area contributed by atoms with E-state index in [1.54, 1.807) is 0 Å². The van der Waals surface area contributed by atoms with Gasteiger partial charge in [0.1, 0.15) is 0 Å². The molecule has 0 aromatic carbocycles. The summed E-state index contributed by atoms with van der Waals surface area (Å²) in [5.41, 5.74) is 2.79. The van der Waals surface area contributed by atoms with Crippen LogP contribution in [-0.2, 0) is 6.42 Å². The Morgan fingerprint density at radius 1 is 1.11 bits per heavy atom. The van der Waals surface area contributed by atoms with Crippen LogP contribution < -0.4 is 0 Å². The van der Waals surface area contributed by atoms with E-state index in [2.05, 4.69) is 17.1 Å². The van der Waals surface area contributed by atoms with Crippen LogP contribution in [0.15, 0.2) is 18.3 Å². The zero-order chi connectivity index (χ0) is 12.4. The largest absolute Gasteiger partial charge is 0.393 e. The van der Waals surface area contributed by atoms with Crippen molar-refractivity contribution >= 4 is 0 Å². The van der Waals surface area contributed by atoms with E-state index >= 15 is 0 Å². The highest BCUT2D eigenvalue weighted by Crippen LogP contribution is 2.41. The summed E-state index contributed by atoms with van der Waals surface area (Å²) in [4.78, 5) is 4.65. The standard InChI is InChI=1S/C16H23NO/c18-14-8-2-1-5-13(11-14)15-9-3-6-12-7-4-10-17-16(12)15/h4,7,10,13-15,18H,1-3,5-6,8-9,11H2.